The summed E-state index contributed by atoms with van der Waals surface area (Å²) >= 11 is 0. The highest BCUT2D eigenvalue weighted by Gasteiger charge is 2.10. The van der Waals surface area contributed by atoms with E-state index in [4.69, 9.17) is 10.2 Å². The topological polar surface area (TPSA) is 81.9 Å². The lowest BCUT2D eigenvalue weighted by atomic mass is 10.3. The number of anilines is 3. The van der Waals surface area contributed by atoms with Gasteiger partial charge in [-0.1, -0.05) is 6.92 Å². The lowest BCUT2D eigenvalue weighted by molar-refractivity contribution is 0.623. The van der Waals surface area contributed by atoms with Crippen molar-refractivity contribution in [1.82, 2.24) is 14.8 Å². The molecule has 3 N–H and O–H groups in total. The lowest BCUT2D eigenvalue weighted by Crippen LogP contribution is -1.93. The zero-order valence-electron chi connectivity index (χ0n) is 10.8. The molecule has 3 aromatic rings. The molecule has 0 fully saturated rings. The van der Waals surface area contributed by atoms with Gasteiger partial charge >= 0.3 is 0 Å². The standard InChI is InChI=1S/C13H15N5O/c1-3-9-11(7-18(2)17-9)16-13-15-10-6-8(14)4-5-12(10)19-13/h4-7H,3,14H2,1-2H3,(H,15,16). The van der Waals surface area contributed by atoms with Gasteiger partial charge in [-0.3, -0.25) is 4.68 Å². The second-order valence-electron chi connectivity index (χ2n) is 4.39. The lowest BCUT2D eigenvalue weighted by Gasteiger charge is -1.98. The number of fused-ring (bicyclic) bond motifs is 1. The van der Waals surface area contributed by atoms with Gasteiger partial charge in [0.2, 0.25) is 0 Å². The molecule has 0 aliphatic carbocycles. The second kappa shape index (κ2) is 4.31. The highest BCUT2D eigenvalue weighted by Crippen LogP contribution is 2.25. The number of hydrogen-bond acceptors (Lipinski definition) is 5. The van der Waals surface area contributed by atoms with E-state index in [1.54, 1.807) is 16.8 Å². The first-order valence-electron chi connectivity index (χ1n) is 6.11. The Morgan fingerprint density at radius 2 is 2.26 bits per heavy atom. The van der Waals surface area contributed by atoms with Crippen LogP contribution in [0.15, 0.2) is 28.8 Å². The molecule has 2 aromatic heterocycles. The fourth-order valence-corrected chi connectivity index (χ4v) is 2.01. The number of hydrogen-bond donors (Lipinski definition) is 2. The normalized spacial score (nSPS) is 11.1. The Hall–Kier alpha value is -2.50. The Bertz CT molecular complexity index is 728. The Labute approximate surface area is 110 Å². The van der Waals surface area contributed by atoms with E-state index in [1.165, 1.54) is 0 Å². The fourth-order valence-electron chi connectivity index (χ4n) is 2.01. The largest absolute Gasteiger partial charge is 0.423 e. The molecule has 2 heterocycles. The van der Waals surface area contributed by atoms with Crippen molar-refractivity contribution in [3.05, 3.63) is 30.1 Å². The Morgan fingerprint density at radius 1 is 1.42 bits per heavy atom. The summed E-state index contributed by atoms with van der Waals surface area (Å²) in [6.45, 7) is 2.06. The number of aryl methyl sites for hydroxylation is 2. The number of nitrogen functional groups attached to an aromatic ring is 1. The van der Waals surface area contributed by atoms with Crippen molar-refractivity contribution in [2.24, 2.45) is 7.05 Å². The van der Waals surface area contributed by atoms with Crippen molar-refractivity contribution in [2.45, 2.75) is 13.3 Å². The fraction of sp³-hybridized carbons (Fsp3) is 0.231. The van der Waals surface area contributed by atoms with Gasteiger partial charge in [-0.2, -0.15) is 10.1 Å². The summed E-state index contributed by atoms with van der Waals surface area (Å²) < 4.78 is 7.39. The number of oxazole rings is 1. The maximum absolute atomic E-state index is 5.72. The van der Waals surface area contributed by atoms with Gasteiger partial charge in [-0.25, -0.2) is 0 Å². The van der Waals surface area contributed by atoms with Crippen molar-refractivity contribution < 1.29 is 4.42 Å². The molecule has 6 heteroatoms. The van der Waals surface area contributed by atoms with Gasteiger partial charge in [-0.05, 0) is 24.6 Å². The van der Waals surface area contributed by atoms with Crippen LogP contribution < -0.4 is 11.1 Å². The average molecular weight is 257 g/mol. The van der Waals surface area contributed by atoms with Crippen molar-refractivity contribution >= 4 is 28.5 Å². The van der Waals surface area contributed by atoms with Crippen molar-refractivity contribution in [1.29, 1.82) is 0 Å². The third-order valence-corrected chi connectivity index (χ3v) is 2.89. The van der Waals surface area contributed by atoms with Gasteiger partial charge in [0.15, 0.2) is 5.58 Å². The van der Waals surface area contributed by atoms with E-state index in [9.17, 15) is 0 Å². The van der Waals surface area contributed by atoms with Crippen LogP contribution in [0.2, 0.25) is 0 Å². The van der Waals surface area contributed by atoms with Crippen LogP contribution in [-0.4, -0.2) is 14.8 Å². The smallest absolute Gasteiger partial charge is 0.300 e. The summed E-state index contributed by atoms with van der Waals surface area (Å²) in [7, 11) is 1.89. The number of nitrogens with one attached hydrogen (secondary N) is 1. The Balaban J connectivity index is 1.96. The minimum absolute atomic E-state index is 0.448. The first kappa shape index (κ1) is 11.6. The molecule has 0 bridgehead atoms. The summed E-state index contributed by atoms with van der Waals surface area (Å²) in [6.07, 6.45) is 2.75. The summed E-state index contributed by atoms with van der Waals surface area (Å²) in [5.41, 5.74) is 9.72. The molecule has 19 heavy (non-hydrogen) atoms. The summed E-state index contributed by atoms with van der Waals surface area (Å²) in [4.78, 5) is 4.36. The first-order valence-corrected chi connectivity index (χ1v) is 6.11. The summed E-state index contributed by atoms with van der Waals surface area (Å²) in [6, 6.07) is 5.84. The van der Waals surface area contributed by atoms with E-state index in [0.29, 0.717) is 17.3 Å². The molecular weight excluding hydrogens is 242 g/mol. The minimum atomic E-state index is 0.448. The molecule has 0 saturated heterocycles. The van der Waals surface area contributed by atoms with Gasteiger partial charge in [-0.15, -0.1) is 0 Å². The zero-order valence-corrected chi connectivity index (χ0v) is 10.8. The van der Waals surface area contributed by atoms with Crippen molar-refractivity contribution in [2.75, 3.05) is 11.1 Å². The third kappa shape index (κ3) is 2.12. The highest BCUT2D eigenvalue weighted by molar-refractivity contribution is 5.78. The maximum Gasteiger partial charge on any atom is 0.300 e. The van der Waals surface area contributed by atoms with Gasteiger partial charge in [0.25, 0.3) is 6.01 Å². The minimum Gasteiger partial charge on any atom is -0.423 e. The third-order valence-electron chi connectivity index (χ3n) is 2.89. The summed E-state index contributed by atoms with van der Waals surface area (Å²) in [5.74, 6) is 0. The van der Waals surface area contributed by atoms with Crippen LogP contribution in [0.1, 0.15) is 12.6 Å². The van der Waals surface area contributed by atoms with Crippen LogP contribution in [0.5, 0.6) is 0 Å². The molecule has 6 nitrogen and oxygen atoms in total. The number of rotatable bonds is 3. The Morgan fingerprint density at radius 3 is 3.05 bits per heavy atom. The van der Waals surface area contributed by atoms with E-state index in [-0.39, 0.29) is 0 Å². The Kier molecular flexibility index (Phi) is 2.63. The van der Waals surface area contributed by atoms with Crippen LogP contribution in [-0.2, 0) is 13.5 Å². The van der Waals surface area contributed by atoms with Gasteiger partial charge in [0.05, 0.1) is 11.4 Å². The molecule has 0 atom stereocenters. The van der Waals surface area contributed by atoms with Crippen LogP contribution in [0, 0.1) is 0 Å². The van der Waals surface area contributed by atoms with E-state index >= 15 is 0 Å². The number of nitrogens with two attached hydrogens (primary N) is 1. The first-order chi connectivity index (χ1) is 9.15. The van der Waals surface area contributed by atoms with Crippen LogP contribution in [0.4, 0.5) is 17.4 Å². The zero-order chi connectivity index (χ0) is 13.4. The van der Waals surface area contributed by atoms with Crippen molar-refractivity contribution in [3.8, 4) is 0 Å². The van der Waals surface area contributed by atoms with Crippen LogP contribution in [0.3, 0.4) is 0 Å². The van der Waals surface area contributed by atoms with Gasteiger partial charge < -0.3 is 15.5 Å². The molecule has 0 saturated carbocycles. The SMILES string of the molecule is CCc1nn(C)cc1Nc1nc2cc(N)ccc2o1. The average Bonchev–Trinajstić information content (AvgIpc) is 2.92. The molecular formula is C13H15N5O. The maximum atomic E-state index is 5.72. The molecule has 0 aliphatic rings. The predicted octanol–water partition coefficient (Wildman–Crippen LogP) is 2.45. The van der Waals surface area contributed by atoms with E-state index in [1.807, 2.05) is 19.3 Å². The van der Waals surface area contributed by atoms with Crippen LogP contribution in [0.25, 0.3) is 11.1 Å². The molecule has 3 rings (SSSR count). The van der Waals surface area contributed by atoms with Crippen molar-refractivity contribution in [3.63, 3.8) is 0 Å². The predicted molar refractivity (Wildman–Crippen MR) is 74.3 cm³/mol. The van der Waals surface area contributed by atoms with Crippen LogP contribution >= 0.6 is 0 Å². The second-order valence-corrected chi connectivity index (χ2v) is 4.39. The number of benzene rings is 1. The summed E-state index contributed by atoms with van der Waals surface area (Å²) in [5, 5.41) is 7.51. The van der Waals surface area contributed by atoms with E-state index in [0.717, 1.165) is 23.3 Å². The molecule has 0 unspecified atom stereocenters. The molecule has 0 amide bonds. The number of nitrogens with zero attached hydrogens (tertiary/aromatic N) is 3. The monoisotopic (exact) mass is 257 g/mol. The highest BCUT2D eigenvalue weighted by atomic mass is 16.4. The van der Waals surface area contributed by atoms with Gasteiger partial charge in [0.1, 0.15) is 5.52 Å². The quantitative estimate of drug-likeness (QED) is 0.704. The van der Waals surface area contributed by atoms with E-state index in [2.05, 4.69) is 22.3 Å². The molecule has 98 valence electrons. The van der Waals surface area contributed by atoms with Gasteiger partial charge in [0, 0.05) is 18.9 Å². The molecule has 1 aromatic carbocycles. The number of aromatic nitrogens is 3. The molecule has 0 spiro atoms. The van der Waals surface area contributed by atoms with E-state index < -0.39 is 0 Å². The molecule has 0 radical (unpaired) electrons. The molecule has 0 aliphatic heterocycles.